The number of ether oxygens (including phenoxy) is 1. The molecule has 4 aromatic rings. The van der Waals surface area contributed by atoms with Crippen molar-refractivity contribution in [1.82, 2.24) is 14.7 Å². The van der Waals surface area contributed by atoms with E-state index in [2.05, 4.69) is 59.2 Å². The molecule has 0 amide bonds. The van der Waals surface area contributed by atoms with Crippen LogP contribution in [-0.4, -0.2) is 40.3 Å². The molecular formula is C32H36N4O3. The van der Waals surface area contributed by atoms with E-state index in [1.165, 1.54) is 11.1 Å². The van der Waals surface area contributed by atoms with Crippen LogP contribution in [0.25, 0.3) is 16.3 Å². The maximum Gasteiger partial charge on any atom is 0.324 e. The topological polar surface area (TPSA) is 73.4 Å². The largest absolute Gasteiger partial charge is 0.493 e. The Hall–Kier alpha value is -3.87. The van der Waals surface area contributed by atoms with E-state index in [1.807, 2.05) is 36.7 Å². The molecule has 2 aliphatic rings. The fourth-order valence-electron chi connectivity index (χ4n) is 5.60. The maximum atomic E-state index is 13.1. The summed E-state index contributed by atoms with van der Waals surface area (Å²) in [5, 5.41) is 6.30. The summed E-state index contributed by atoms with van der Waals surface area (Å²) < 4.78 is 13.4. The van der Waals surface area contributed by atoms with Gasteiger partial charge in [0.25, 0.3) is 0 Å². The van der Waals surface area contributed by atoms with Crippen molar-refractivity contribution >= 4 is 28.3 Å². The lowest BCUT2D eigenvalue weighted by Gasteiger charge is -2.30. The Morgan fingerprint density at radius 1 is 1.03 bits per heavy atom. The van der Waals surface area contributed by atoms with Crippen LogP contribution >= 0.6 is 0 Å². The van der Waals surface area contributed by atoms with Gasteiger partial charge in [0.15, 0.2) is 5.82 Å². The summed E-state index contributed by atoms with van der Waals surface area (Å²) in [5.41, 5.74) is 2.53. The van der Waals surface area contributed by atoms with Gasteiger partial charge < -0.3 is 14.2 Å². The molecule has 6 rings (SSSR count). The normalized spacial score (nSPS) is 18.5. The molecule has 1 fully saturated rings. The third kappa shape index (κ3) is 5.63. The second kappa shape index (κ2) is 11.1. The summed E-state index contributed by atoms with van der Waals surface area (Å²) in [7, 11) is 0. The molecule has 0 N–H and O–H groups in total. The SMILES string of the molecule is CC(C)c1noc(N2CCC(COc3ccc(C4=CCC(C(=O)n5cc6ccccc6c5)CC4)cc3)CC2)n1. The number of rotatable bonds is 7. The van der Waals surface area contributed by atoms with Gasteiger partial charge in [-0.1, -0.05) is 61.5 Å². The van der Waals surface area contributed by atoms with Crippen LogP contribution in [-0.2, 0) is 0 Å². The number of aromatic nitrogens is 3. The van der Waals surface area contributed by atoms with Gasteiger partial charge in [-0.05, 0) is 72.1 Å². The van der Waals surface area contributed by atoms with Gasteiger partial charge in [0.05, 0.1) is 6.61 Å². The van der Waals surface area contributed by atoms with E-state index in [9.17, 15) is 4.79 Å². The molecule has 1 aliphatic heterocycles. The van der Waals surface area contributed by atoms with Crippen molar-refractivity contribution in [3.05, 3.63) is 78.4 Å². The van der Waals surface area contributed by atoms with Crippen LogP contribution in [0.5, 0.6) is 5.75 Å². The van der Waals surface area contributed by atoms with Crippen molar-refractivity contribution in [1.29, 1.82) is 0 Å². The fourth-order valence-corrected chi connectivity index (χ4v) is 5.60. The molecule has 1 saturated heterocycles. The number of benzene rings is 2. The molecule has 0 bridgehead atoms. The number of anilines is 1. The average molecular weight is 525 g/mol. The quantitative estimate of drug-likeness (QED) is 0.260. The third-order valence-corrected chi connectivity index (χ3v) is 8.11. The highest BCUT2D eigenvalue weighted by Gasteiger charge is 2.25. The lowest BCUT2D eigenvalue weighted by molar-refractivity contribution is 0.0827. The maximum absolute atomic E-state index is 13.1. The number of allylic oxidation sites excluding steroid dienone is 2. The molecular weight excluding hydrogens is 488 g/mol. The molecule has 0 saturated carbocycles. The van der Waals surface area contributed by atoms with Crippen LogP contribution in [0.15, 0.2) is 71.5 Å². The smallest absolute Gasteiger partial charge is 0.324 e. The van der Waals surface area contributed by atoms with Crippen LogP contribution in [0.1, 0.15) is 68.1 Å². The summed E-state index contributed by atoms with van der Waals surface area (Å²) in [4.78, 5) is 19.8. The first-order chi connectivity index (χ1) is 19.0. The molecule has 2 aromatic heterocycles. The van der Waals surface area contributed by atoms with Crippen molar-refractivity contribution in [3.63, 3.8) is 0 Å². The van der Waals surface area contributed by atoms with Crippen molar-refractivity contribution in [2.75, 3.05) is 24.6 Å². The van der Waals surface area contributed by atoms with Gasteiger partial charge in [-0.2, -0.15) is 4.98 Å². The number of fused-ring (bicyclic) bond motifs is 1. The van der Waals surface area contributed by atoms with E-state index in [1.54, 1.807) is 4.57 Å². The molecule has 202 valence electrons. The van der Waals surface area contributed by atoms with Crippen LogP contribution in [0, 0.1) is 11.8 Å². The predicted octanol–water partition coefficient (Wildman–Crippen LogP) is 6.97. The predicted molar refractivity (Wildman–Crippen MR) is 153 cm³/mol. The fraction of sp³-hybridized carbons (Fsp3) is 0.406. The average Bonchev–Trinajstić information content (AvgIpc) is 3.65. The first-order valence-electron chi connectivity index (χ1n) is 14.2. The van der Waals surface area contributed by atoms with Gasteiger partial charge >= 0.3 is 6.01 Å². The van der Waals surface area contributed by atoms with Crippen molar-refractivity contribution in [2.45, 2.75) is 51.9 Å². The first kappa shape index (κ1) is 25.4. The Morgan fingerprint density at radius 2 is 1.74 bits per heavy atom. The molecule has 7 nitrogen and oxygen atoms in total. The minimum atomic E-state index is 0.0293. The Kier molecular flexibility index (Phi) is 7.22. The van der Waals surface area contributed by atoms with E-state index in [4.69, 9.17) is 9.26 Å². The number of carbonyl (C=O) groups excluding carboxylic acids is 1. The Bertz CT molecular complexity index is 1430. The second-order valence-corrected chi connectivity index (χ2v) is 11.2. The molecule has 1 unspecified atom stereocenters. The highest BCUT2D eigenvalue weighted by atomic mass is 16.5. The van der Waals surface area contributed by atoms with E-state index in [-0.39, 0.29) is 17.7 Å². The molecule has 7 heteroatoms. The number of hydrogen-bond acceptors (Lipinski definition) is 6. The van der Waals surface area contributed by atoms with E-state index >= 15 is 0 Å². The zero-order chi connectivity index (χ0) is 26.8. The van der Waals surface area contributed by atoms with Crippen LogP contribution in [0.4, 0.5) is 6.01 Å². The summed E-state index contributed by atoms with van der Waals surface area (Å²) in [5.74, 6) is 2.68. The van der Waals surface area contributed by atoms with Crippen LogP contribution < -0.4 is 9.64 Å². The van der Waals surface area contributed by atoms with Gasteiger partial charge in [0, 0.05) is 37.3 Å². The van der Waals surface area contributed by atoms with Gasteiger partial charge in [-0.3, -0.25) is 9.36 Å². The second-order valence-electron chi connectivity index (χ2n) is 11.2. The minimum Gasteiger partial charge on any atom is -0.493 e. The lowest BCUT2D eigenvalue weighted by Crippen LogP contribution is -2.35. The molecule has 0 spiro atoms. The molecule has 0 radical (unpaired) electrons. The summed E-state index contributed by atoms with van der Waals surface area (Å²) >= 11 is 0. The summed E-state index contributed by atoms with van der Waals surface area (Å²) in [6, 6.07) is 17.2. The van der Waals surface area contributed by atoms with Crippen LogP contribution in [0.2, 0.25) is 0 Å². The lowest BCUT2D eigenvalue weighted by atomic mass is 9.86. The standard InChI is InChI=1S/C32H36N4O3/c1-22(2)30-33-32(39-34-30)35-17-15-23(16-18-35)21-38-29-13-11-25(12-14-29)24-7-9-26(10-8-24)31(37)36-19-27-5-3-4-6-28(27)20-36/h3-7,11-14,19-20,22-23,26H,8-10,15-18,21H2,1-2H3. The molecule has 1 atom stereocenters. The monoisotopic (exact) mass is 524 g/mol. The Labute approximate surface area is 229 Å². The van der Waals surface area contributed by atoms with Gasteiger partial charge in [-0.15, -0.1) is 0 Å². The van der Waals surface area contributed by atoms with Gasteiger partial charge in [0.2, 0.25) is 5.91 Å². The molecule has 2 aromatic carbocycles. The number of hydrogen-bond donors (Lipinski definition) is 0. The molecule has 1 aliphatic carbocycles. The Balaban J connectivity index is 0.980. The zero-order valence-electron chi connectivity index (χ0n) is 22.8. The van der Waals surface area contributed by atoms with Crippen molar-refractivity contribution in [2.24, 2.45) is 11.8 Å². The van der Waals surface area contributed by atoms with E-state index in [0.717, 1.165) is 74.1 Å². The first-order valence-corrected chi connectivity index (χ1v) is 14.2. The Morgan fingerprint density at radius 3 is 2.36 bits per heavy atom. The van der Waals surface area contributed by atoms with E-state index in [0.29, 0.717) is 11.9 Å². The molecule has 3 heterocycles. The highest BCUT2D eigenvalue weighted by molar-refractivity contribution is 5.90. The minimum absolute atomic E-state index is 0.0293. The van der Waals surface area contributed by atoms with Gasteiger partial charge in [-0.25, -0.2) is 0 Å². The number of nitrogens with zero attached hydrogens (tertiary/aromatic N) is 4. The number of piperidine rings is 1. The highest BCUT2D eigenvalue weighted by Crippen LogP contribution is 2.32. The number of carbonyl (C=O) groups is 1. The van der Waals surface area contributed by atoms with Crippen molar-refractivity contribution < 1.29 is 14.1 Å². The van der Waals surface area contributed by atoms with E-state index < -0.39 is 0 Å². The zero-order valence-corrected chi connectivity index (χ0v) is 22.8. The third-order valence-electron chi connectivity index (χ3n) is 8.11. The summed E-state index contributed by atoms with van der Waals surface area (Å²) in [6.45, 7) is 6.68. The molecule has 39 heavy (non-hydrogen) atoms. The van der Waals surface area contributed by atoms with Crippen molar-refractivity contribution in [3.8, 4) is 5.75 Å². The van der Waals surface area contributed by atoms with Crippen LogP contribution in [0.3, 0.4) is 0 Å². The summed E-state index contributed by atoms with van der Waals surface area (Å²) in [6.07, 6.45) is 10.8. The van der Waals surface area contributed by atoms with Gasteiger partial charge in [0.1, 0.15) is 5.75 Å².